The topological polar surface area (TPSA) is 104 Å². The number of anilines is 2. The van der Waals surface area contributed by atoms with Crippen molar-refractivity contribution in [1.82, 2.24) is 25.4 Å². The lowest BCUT2D eigenvalue weighted by Gasteiger charge is -2.31. The van der Waals surface area contributed by atoms with Crippen LogP contribution in [0.25, 0.3) is 11.0 Å². The van der Waals surface area contributed by atoms with E-state index in [1.807, 2.05) is 4.90 Å². The third-order valence-electron chi connectivity index (χ3n) is 5.43. The van der Waals surface area contributed by atoms with Crippen LogP contribution >= 0.6 is 12.4 Å². The van der Waals surface area contributed by atoms with E-state index in [2.05, 4.69) is 26.0 Å². The van der Waals surface area contributed by atoms with Crippen LogP contribution in [0.5, 0.6) is 0 Å². The largest absolute Gasteiger partial charge is 0.419 e. The number of hydrogen-bond acceptors (Lipinski definition) is 6. The number of urea groups is 1. The van der Waals surface area contributed by atoms with Gasteiger partial charge in [-0.3, -0.25) is 14.8 Å². The highest BCUT2D eigenvalue weighted by Gasteiger charge is 2.34. The third-order valence-corrected chi connectivity index (χ3v) is 5.43. The molecular formula is C21H22ClF4N7O2. The zero-order chi connectivity index (χ0) is 24.6. The average Bonchev–Trinajstić information content (AvgIpc) is 3.07. The number of amides is 3. The summed E-state index contributed by atoms with van der Waals surface area (Å²) < 4.78 is 53.9. The summed E-state index contributed by atoms with van der Waals surface area (Å²) in [6.07, 6.45) is -3.60. The molecule has 0 saturated carbocycles. The summed E-state index contributed by atoms with van der Waals surface area (Å²) in [7, 11) is 1.73. The summed E-state index contributed by atoms with van der Waals surface area (Å²) >= 11 is 0. The van der Waals surface area contributed by atoms with Crippen LogP contribution in [0.4, 0.5) is 33.7 Å². The molecule has 1 saturated heterocycles. The highest BCUT2D eigenvalue weighted by atomic mass is 35.5. The Hall–Kier alpha value is -3.45. The van der Waals surface area contributed by atoms with Crippen LogP contribution in [0.2, 0.25) is 0 Å². The maximum Gasteiger partial charge on any atom is 0.419 e. The molecule has 0 aliphatic carbocycles. The summed E-state index contributed by atoms with van der Waals surface area (Å²) in [5.74, 6) is -2.26. The molecule has 1 aliphatic rings. The van der Waals surface area contributed by atoms with Gasteiger partial charge in [0.15, 0.2) is 5.65 Å². The Morgan fingerprint density at radius 2 is 1.86 bits per heavy atom. The fourth-order valence-corrected chi connectivity index (χ4v) is 3.93. The van der Waals surface area contributed by atoms with Crippen molar-refractivity contribution in [2.24, 2.45) is 7.05 Å². The number of carbonyl (C=O) groups excluding carboxylic acids is 2. The molecular weight excluding hydrogens is 494 g/mol. The molecule has 0 atom stereocenters. The predicted molar refractivity (Wildman–Crippen MR) is 123 cm³/mol. The normalized spacial score (nSPS) is 13.9. The number of halogens is 5. The lowest BCUT2D eigenvalue weighted by atomic mass is 10.1. The zero-order valence-corrected chi connectivity index (χ0v) is 19.5. The monoisotopic (exact) mass is 515 g/mol. The predicted octanol–water partition coefficient (Wildman–Crippen LogP) is 3.23. The van der Waals surface area contributed by atoms with Crippen molar-refractivity contribution in [3.05, 3.63) is 47.0 Å². The second-order valence-corrected chi connectivity index (χ2v) is 7.77. The van der Waals surface area contributed by atoms with Crippen LogP contribution in [-0.2, 0) is 13.2 Å². The Balaban J connectivity index is 0.00000342. The molecule has 14 heteroatoms. The van der Waals surface area contributed by atoms with Crippen molar-refractivity contribution in [1.29, 1.82) is 0 Å². The quantitative estimate of drug-likeness (QED) is 0.463. The molecule has 4 rings (SSSR count). The first-order valence-corrected chi connectivity index (χ1v) is 10.3. The van der Waals surface area contributed by atoms with Gasteiger partial charge in [-0.05, 0) is 25.1 Å². The Labute approximate surface area is 203 Å². The van der Waals surface area contributed by atoms with E-state index in [0.29, 0.717) is 60.7 Å². The second kappa shape index (κ2) is 10.0. The van der Waals surface area contributed by atoms with Gasteiger partial charge in [0.2, 0.25) is 0 Å². The van der Waals surface area contributed by atoms with Gasteiger partial charge in [-0.15, -0.1) is 12.4 Å². The van der Waals surface area contributed by atoms with Crippen molar-refractivity contribution in [3.8, 4) is 0 Å². The minimum absolute atomic E-state index is 0. The van der Waals surface area contributed by atoms with Gasteiger partial charge in [-0.25, -0.2) is 14.2 Å². The first-order valence-electron chi connectivity index (χ1n) is 10.3. The average molecular weight is 516 g/mol. The molecule has 9 nitrogen and oxygen atoms in total. The Bertz CT molecular complexity index is 1270. The van der Waals surface area contributed by atoms with Crippen molar-refractivity contribution in [2.45, 2.75) is 13.1 Å². The molecule has 0 bridgehead atoms. The summed E-state index contributed by atoms with van der Waals surface area (Å²) in [4.78, 5) is 31.7. The number of piperazine rings is 1. The highest BCUT2D eigenvalue weighted by Crippen LogP contribution is 2.34. The van der Waals surface area contributed by atoms with Gasteiger partial charge in [0.05, 0.1) is 27.9 Å². The van der Waals surface area contributed by atoms with E-state index in [9.17, 15) is 27.2 Å². The molecule has 1 aliphatic heterocycles. The van der Waals surface area contributed by atoms with E-state index < -0.39 is 29.5 Å². The number of imide groups is 1. The third kappa shape index (κ3) is 5.30. The number of aromatic nitrogens is 3. The van der Waals surface area contributed by atoms with Crippen molar-refractivity contribution in [3.63, 3.8) is 0 Å². The maximum absolute atomic E-state index is 13.5. The standard InChI is InChI=1S/C21H21F4N7O2.ClH/c1-11-16-17(32-7-5-26-6-8-32)13(10-27-18(16)31(2)30-11)19(33)29-20(34)28-12-3-4-15(22)14(9-12)21(23,24)25;/h3-4,9-10,26H,5-8H2,1-2H3,(H2,28,29,33,34);1H. The van der Waals surface area contributed by atoms with Crippen LogP contribution in [0.3, 0.4) is 0 Å². The first kappa shape index (κ1) is 26.2. The van der Waals surface area contributed by atoms with Crippen LogP contribution in [0, 0.1) is 12.7 Å². The molecule has 188 valence electrons. The lowest BCUT2D eigenvalue weighted by molar-refractivity contribution is -0.139. The lowest BCUT2D eigenvalue weighted by Crippen LogP contribution is -2.45. The Kier molecular flexibility index (Phi) is 7.50. The highest BCUT2D eigenvalue weighted by molar-refractivity contribution is 6.13. The molecule has 2 aromatic heterocycles. The number of carbonyl (C=O) groups is 2. The van der Waals surface area contributed by atoms with Crippen LogP contribution in [0.1, 0.15) is 21.6 Å². The van der Waals surface area contributed by atoms with Gasteiger partial charge in [-0.2, -0.15) is 18.3 Å². The van der Waals surface area contributed by atoms with E-state index in [0.717, 1.165) is 6.07 Å². The Morgan fingerprint density at radius 1 is 1.17 bits per heavy atom. The first-order chi connectivity index (χ1) is 16.1. The molecule has 3 N–H and O–H groups in total. The van der Waals surface area contributed by atoms with E-state index >= 15 is 0 Å². The number of nitrogens with zero attached hydrogens (tertiary/aromatic N) is 4. The van der Waals surface area contributed by atoms with E-state index in [1.54, 1.807) is 18.7 Å². The molecule has 0 unspecified atom stereocenters. The van der Waals surface area contributed by atoms with Gasteiger partial charge in [0.1, 0.15) is 5.82 Å². The second-order valence-electron chi connectivity index (χ2n) is 7.77. The minimum Gasteiger partial charge on any atom is -0.368 e. The minimum atomic E-state index is -4.94. The van der Waals surface area contributed by atoms with E-state index in [4.69, 9.17) is 0 Å². The van der Waals surface area contributed by atoms with Gasteiger partial charge in [0.25, 0.3) is 5.91 Å². The van der Waals surface area contributed by atoms with Crippen LogP contribution in [-0.4, -0.2) is 52.9 Å². The maximum atomic E-state index is 13.5. The van der Waals surface area contributed by atoms with Crippen LogP contribution in [0.15, 0.2) is 24.4 Å². The molecule has 3 amide bonds. The summed E-state index contributed by atoms with van der Waals surface area (Å²) in [6.45, 7) is 4.38. The molecule has 35 heavy (non-hydrogen) atoms. The van der Waals surface area contributed by atoms with Gasteiger partial charge >= 0.3 is 12.2 Å². The molecule has 0 spiro atoms. The van der Waals surface area contributed by atoms with E-state index in [-0.39, 0.29) is 23.7 Å². The van der Waals surface area contributed by atoms with Crippen molar-refractivity contribution in [2.75, 3.05) is 36.4 Å². The van der Waals surface area contributed by atoms with Gasteiger partial charge in [-0.1, -0.05) is 0 Å². The van der Waals surface area contributed by atoms with Crippen molar-refractivity contribution < 1.29 is 27.2 Å². The smallest absolute Gasteiger partial charge is 0.368 e. The molecule has 3 heterocycles. The molecule has 0 radical (unpaired) electrons. The van der Waals surface area contributed by atoms with Gasteiger partial charge < -0.3 is 15.5 Å². The number of aryl methyl sites for hydroxylation is 2. The number of fused-ring (bicyclic) bond motifs is 1. The fourth-order valence-electron chi connectivity index (χ4n) is 3.93. The Morgan fingerprint density at radius 3 is 2.51 bits per heavy atom. The number of hydrogen-bond donors (Lipinski definition) is 3. The zero-order valence-electron chi connectivity index (χ0n) is 18.7. The number of benzene rings is 1. The summed E-state index contributed by atoms with van der Waals surface area (Å²) in [5, 5.41) is 12.5. The summed E-state index contributed by atoms with van der Waals surface area (Å²) in [5.41, 5.74) is 0.0679. The molecule has 3 aromatic rings. The van der Waals surface area contributed by atoms with Gasteiger partial charge in [0, 0.05) is 45.1 Å². The number of rotatable bonds is 3. The fraction of sp³-hybridized carbons (Fsp3) is 0.333. The molecule has 1 fully saturated rings. The SMILES string of the molecule is Cc1nn(C)c2ncc(C(=O)NC(=O)Nc3ccc(F)c(C(F)(F)F)c3)c(N3CCNCC3)c12.Cl. The van der Waals surface area contributed by atoms with Crippen LogP contribution < -0.4 is 20.9 Å². The van der Waals surface area contributed by atoms with Crippen molar-refractivity contribution >= 4 is 46.8 Å². The number of pyridine rings is 1. The number of alkyl halides is 3. The summed E-state index contributed by atoms with van der Waals surface area (Å²) in [6, 6.07) is 0.941. The number of nitrogens with one attached hydrogen (secondary N) is 3. The molecule has 1 aromatic carbocycles. The van der Waals surface area contributed by atoms with E-state index in [1.165, 1.54) is 6.20 Å².